The number of terminal acetylenes is 1. The summed E-state index contributed by atoms with van der Waals surface area (Å²) in [7, 11) is 0. The van der Waals surface area contributed by atoms with Crippen molar-refractivity contribution in [3.8, 4) is 12.3 Å². The van der Waals surface area contributed by atoms with E-state index in [0.717, 1.165) is 18.5 Å². The van der Waals surface area contributed by atoms with Crippen LogP contribution in [0.15, 0.2) is 23.3 Å². The fraction of sp³-hybridized carbons (Fsp3) is 0.462. The fourth-order valence-electron chi connectivity index (χ4n) is 1.88. The summed E-state index contributed by atoms with van der Waals surface area (Å²) in [5.74, 6) is 2.54. The Hall–Kier alpha value is -1.53. The number of carbonyl (C=O) groups excluding carboxylic acids is 1. The van der Waals surface area contributed by atoms with Gasteiger partial charge in [0.15, 0.2) is 0 Å². The Labute approximate surface area is 97.0 Å². The summed E-state index contributed by atoms with van der Waals surface area (Å²) in [6, 6.07) is 0.125. The van der Waals surface area contributed by atoms with Crippen molar-refractivity contribution in [2.24, 2.45) is 0 Å². The number of amides is 1. The molecule has 1 unspecified atom stereocenters. The molecule has 2 N–H and O–H groups in total. The molecule has 1 fully saturated rings. The lowest BCUT2D eigenvalue weighted by molar-refractivity contribution is -0.119. The van der Waals surface area contributed by atoms with Crippen LogP contribution in [0.2, 0.25) is 0 Å². The summed E-state index contributed by atoms with van der Waals surface area (Å²) in [5.41, 5.74) is 2.39. The summed E-state index contributed by atoms with van der Waals surface area (Å²) in [4.78, 5) is 10.9. The molecule has 3 nitrogen and oxygen atoms in total. The molecular formula is C13H18N2O. The number of carbonyl (C=O) groups is 1. The van der Waals surface area contributed by atoms with Crippen LogP contribution in [0.5, 0.6) is 0 Å². The van der Waals surface area contributed by atoms with Crippen molar-refractivity contribution in [2.45, 2.75) is 26.3 Å². The predicted molar refractivity (Wildman–Crippen MR) is 65.8 cm³/mol. The van der Waals surface area contributed by atoms with Crippen LogP contribution in [-0.2, 0) is 4.79 Å². The maximum Gasteiger partial charge on any atom is 0.216 e. The topological polar surface area (TPSA) is 41.1 Å². The Kier molecular flexibility index (Phi) is 4.81. The number of allylic oxidation sites excluding steroid dienone is 2. The van der Waals surface area contributed by atoms with Gasteiger partial charge in [-0.2, -0.15) is 0 Å². The molecule has 0 aliphatic carbocycles. The molecule has 1 aliphatic rings. The predicted octanol–water partition coefficient (Wildman–Crippen LogP) is 0.990. The van der Waals surface area contributed by atoms with Crippen LogP contribution in [0.25, 0.3) is 0 Å². The normalized spacial score (nSPS) is 25.4. The molecule has 0 radical (unpaired) electrons. The summed E-state index contributed by atoms with van der Waals surface area (Å²) < 4.78 is 0. The third-order valence-electron chi connectivity index (χ3n) is 2.67. The van der Waals surface area contributed by atoms with E-state index in [1.807, 2.05) is 6.92 Å². The zero-order valence-corrected chi connectivity index (χ0v) is 9.84. The molecule has 1 aliphatic heterocycles. The molecule has 0 aromatic carbocycles. The minimum absolute atomic E-state index is 0.0190. The molecule has 1 atom stereocenters. The lowest BCUT2D eigenvalue weighted by Gasteiger charge is -2.29. The molecule has 1 rings (SSSR count). The fourth-order valence-corrected chi connectivity index (χ4v) is 1.88. The van der Waals surface area contributed by atoms with Gasteiger partial charge in [0.25, 0.3) is 0 Å². The second kappa shape index (κ2) is 6.14. The zero-order chi connectivity index (χ0) is 12.0. The first-order valence-electron chi connectivity index (χ1n) is 5.48. The summed E-state index contributed by atoms with van der Waals surface area (Å²) in [6.07, 6.45) is 10.2. The highest BCUT2D eigenvalue weighted by Gasteiger charge is 2.21. The lowest BCUT2D eigenvalue weighted by Crippen LogP contribution is -2.45. The van der Waals surface area contributed by atoms with E-state index in [4.69, 9.17) is 6.42 Å². The molecule has 1 amide bonds. The van der Waals surface area contributed by atoms with Gasteiger partial charge in [0.05, 0.1) is 6.04 Å². The third-order valence-corrected chi connectivity index (χ3v) is 2.67. The first kappa shape index (κ1) is 12.5. The van der Waals surface area contributed by atoms with Crippen LogP contribution in [0.1, 0.15) is 20.3 Å². The number of hydrogen-bond acceptors (Lipinski definition) is 2. The average Bonchev–Trinajstić information content (AvgIpc) is 2.27. The Balaban J connectivity index is 2.78. The van der Waals surface area contributed by atoms with Gasteiger partial charge in [0, 0.05) is 13.5 Å². The van der Waals surface area contributed by atoms with E-state index in [-0.39, 0.29) is 11.9 Å². The van der Waals surface area contributed by atoms with Crippen molar-refractivity contribution in [1.82, 2.24) is 10.6 Å². The third kappa shape index (κ3) is 3.25. The smallest absolute Gasteiger partial charge is 0.216 e. The van der Waals surface area contributed by atoms with Gasteiger partial charge in [-0.3, -0.25) is 4.79 Å². The number of hydrogen-bond donors (Lipinski definition) is 2. The Morgan fingerprint density at radius 2 is 2.50 bits per heavy atom. The second-order valence-corrected chi connectivity index (χ2v) is 3.77. The van der Waals surface area contributed by atoms with E-state index in [1.54, 1.807) is 6.08 Å². The van der Waals surface area contributed by atoms with Crippen molar-refractivity contribution in [2.75, 3.05) is 13.1 Å². The van der Waals surface area contributed by atoms with Crippen molar-refractivity contribution in [1.29, 1.82) is 0 Å². The van der Waals surface area contributed by atoms with Gasteiger partial charge >= 0.3 is 0 Å². The van der Waals surface area contributed by atoms with E-state index >= 15 is 0 Å². The molecule has 86 valence electrons. The Morgan fingerprint density at radius 1 is 1.75 bits per heavy atom. The maximum atomic E-state index is 10.9. The van der Waals surface area contributed by atoms with Gasteiger partial charge in [0.1, 0.15) is 0 Å². The first-order chi connectivity index (χ1) is 7.69. The minimum atomic E-state index is -0.0190. The molecule has 0 aromatic heterocycles. The quantitative estimate of drug-likeness (QED) is 0.679. The van der Waals surface area contributed by atoms with Gasteiger partial charge in [-0.1, -0.05) is 12.0 Å². The summed E-state index contributed by atoms with van der Waals surface area (Å²) >= 11 is 0. The van der Waals surface area contributed by atoms with E-state index < -0.39 is 0 Å². The molecule has 3 heteroatoms. The highest BCUT2D eigenvalue weighted by atomic mass is 16.1. The molecule has 16 heavy (non-hydrogen) atoms. The van der Waals surface area contributed by atoms with Crippen molar-refractivity contribution in [3.05, 3.63) is 23.3 Å². The van der Waals surface area contributed by atoms with Crippen LogP contribution < -0.4 is 10.6 Å². The van der Waals surface area contributed by atoms with Gasteiger partial charge in [-0.15, -0.1) is 6.42 Å². The summed E-state index contributed by atoms with van der Waals surface area (Å²) in [5, 5.41) is 6.16. The molecule has 1 heterocycles. The largest absolute Gasteiger partial charge is 0.354 e. The SMILES string of the molecule is C#C/C=C1\C(=C/C)CCNC1CNC(C)=O. The van der Waals surface area contributed by atoms with Crippen molar-refractivity contribution < 1.29 is 4.79 Å². The van der Waals surface area contributed by atoms with Crippen LogP contribution in [0, 0.1) is 12.3 Å². The first-order valence-corrected chi connectivity index (χ1v) is 5.48. The Morgan fingerprint density at radius 3 is 3.06 bits per heavy atom. The highest BCUT2D eigenvalue weighted by molar-refractivity contribution is 5.72. The monoisotopic (exact) mass is 218 g/mol. The van der Waals surface area contributed by atoms with Crippen LogP contribution in [0.4, 0.5) is 0 Å². The zero-order valence-electron chi connectivity index (χ0n) is 9.84. The van der Waals surface area contributed by atoms with Gasteiger partial charge in [0.2, 0.25) is 5.91 Å². The highest BCUT2D eigenvalue weighted by Crippen LogP contribution is 2.21. The van der Waals surface area contributed by atoms with Crippen LogP contribution in [-0.4, -0.2) is 25.0 Å². The molecule has 0 spiro atoms. The molecular weight excluding hydrogens is 200 g/mol. The van der Waals surface area contributed by atoms with Crippen molar-refractivity contribution in [3.63, 3.8) is 0 Å². The van der Waals surface area contributed by atoms with E-state index in [0.29, 0.717) is 6.54 Å². The molecule has 0 aromatic rings. The van der Waals surface area contributed by atoms with Gasteiger partial charge < -0.3 is 10.6 Å². The molecule has 1 saturated heterocycles. The standard InChI is InChI=1S/C13H18N2O/c1-4-6-12-11(5-2)7-8-14-13(12)9-15-10(3)16/h1,5-6,13-14H,7-9H2,2-3H3,(H,15,16)/b11-5-,12-6+. The van der Waals surface area contributed by atoms with Gasteiger partial charge in [-0.25, -0.2) is 0 Å². The minimum Gasteiger partial charge on any atom is -0.354 e. The van der Waals surface area contributed by atoms with Crippen LogP contribution >= 0.6 is 0 Å². The van der Waals surface area contributed by atoms with E-state index in [9.17, 15) is 4.79 Å². The second-order valence-electron chi connectivity index (χ2n) is 3.77. The molecule has 0 bridgehead atoms. The maximum absolute atomic E-state index is 10.9. The average molecular weight is 218 g/mol. The van der Waals surface area contributed by atoms with Crippen molar-refractivity contribution >= 4 is 5.91 Å². The lowest BCUT2D eigenvalue weighted by atomic mass is 9.91. The Bertz CT molecular complexity index is 361. The number of nitrogens with one attached hydrogen (secondary N) is 2. The van der Waals surface area contributed by atoms with E-state index in [2.05, 4.69) is 22.6 Å². The number of rotatable bonds is 2. The summed E-state index contributed by atoms with van der Waals surface area (Å²) in [6.45, 7) is 5.04. The van der Waals surface area contributed by atoms with E-state index in [1.165, 1.54) is 12.5 Å². The number of piperidine rings is 1. The molecule has 0 saturated carbocycles. The van der Waals surface area contributed by atoms with Gasteiger partial charge in [-0.05, 0) is 37.1 Å². The van der Waals surface area contributed by atoms with Crippen LogP contribution in [0.3, 0.4) is 0 Å².